The first kappa shape index (κ1) is 27.3. The van der Waals surface area contributed by atoms with Gasteiger partial charge in [0, 0.05) is 41.5 Å². The van der Waals surface area contributed by atoms with Gasteiger partial charge in [0.2, 0.25) is 11.8 Å². The van der Waals surface area contributed by atoms with Gasteiger partial charge in [-0.25, -0.2) is 9.78 Å². The summed E-state index contributed by atoms with van der Waals surface area (Å²) in [6.45, 7) is 3.45. The van der Waals surface area contributed by atoms with Gasteiger partial charge in [0.05, 0.1) is 37.3 Å². The van der Waals surface area contributed by atoms with E-state index in [4.69, 9.17) is 11.6 Å². The zero-order valence-corrected chi connectivity index (χ0v) is 23.1. The molecule has 2 aromatic carbocycles. The van der Waals surface area contributed by atoms with Crippen LogP contribution in [0.2, 0.25) is 5.02 Å². The topological polar surface area (TPSA) is 120 Å². The molecule has 3 heterocycles. The molecule has 1 saturated heterocycles. The van der Waals surface area contributed by atoms with E-state index in [0.29, 0.717) is 65.8 Å². The zero-order chi connectivity index (χ0) is 28.2. The Labute approximate surface area is 237 Å². The lowest BCUT2D eigenvalue weighted by Gasteiger charge is -2.39. The largest absolute Gasteiger partial charge is 0.453 e. The fraction of sp³-hybridized carbons (Fsp3) is 0.310. The lowest BCUT2D eigenvalue weighted by molar-refractivity contribution is -0.133. The highest BCUT2D eigenvalue weighted by molar-refractivity contribution is 6.30. The van der Waals surface area contributed by atoms with E-state index in [0.717, 1.165) is 11.3 Å². The number of H-pyrrole nitrogens is 1. The summed E-state index contributed by atoms with van der Waals surface area (Å²) in [5.41, 5.74) is 4.43. The Morgan fingerprint density at radius 3 is 2.80 bits per heavy atom. The highest BCUT2D eigenvalue weighted by Gasteiger charge is 2.32. The Morgan fingerprint density at radius 2 is 2.00 bits per heavy atom. The van der Waals surface area contributed by atoms with Gasteiger partial charge in [0.15, 0.2) is 0 Å². The molecule has 0 aliphatic carbocycles. The second kappa shape index (κ2) is 11.8. The van der Waals surface area contributed by atoms with Crippen LogP contribution in [0.4, 0.5) is 21.9 Å². The highest BCUT2D eigenvalue weighted by atomic mass is 35.5. The van der Waals surface area contributed by atoms with Crippen molar-refractivity contribution in [3.63, 3.8) is 0 Å². The number of imidazole rings is 1. The molecule has 208 valence electrons. The van der Waals surface area contributed by atoms with E-state index in [1.54, 1.807) is 24.4 Å². The zero-order valence-electron chi connectivity index (χ0n) is 22.4. The van der Waals surface area contributed by atoms with Crippen molar-refractivity contribution in [3.05, 3.63) is 71.2 Å². The molecule has 0 radical (unpaired) electrons. The third kappa shape index (κ3) is 5.96. The number of anilines is 3. The summed E-state index contributed by atoms with van der Waals surface area (Å²) in [6.07, 6.45) is 6.46. The number of carbonyl (C=O) groups excluding carboxylic acids is 3. The molecule has 2 bridgehead atoms. The first-order valence-corrected chi connectivity index (χ1v) is 13.5. The van der Waals surface area contributed by atoms with Crippen LogP contribution in [0.1, 0.15) is 36.7 Å². The molecule has 2 aliphatic heterocycles. The Morgan fingerprint density at radius 1 is 1.15 bits per heavy atom. The molecule has 0 saturated carbocycles. The van der Waals surface area contributed by atoms with Crippen LogP contribution >= 0.6 is 11.6 Å². The molecule has 40 heavy (non-hydrogen) atoms. The van der Waals surface area contributed by atoms with Gasteiger partial charge in [0.25, 0.3) is 0 Å². The summed E-state index contributed by atoms with van der Waals surface area (Å²) in [5.74, 6) is 0.509. The van der Waals surface area contributed by atoms with Crippen molar-refractivity contribution in [1.29, 1.82) is 0 Å². The summed E-state index contributed by atoms with van der Waals surface area (Å²) in [5, 5.41) is 6.21. The van der Waals surface area contributed by atoms with E-state index in [2.05, 4.69) is 30.2 Å². The standard InChI is InChI=1S/C29H31ClN6O4/c1-18-8-9-19(30)14-25(18)35-12-13-36(27(38)17-35)24-6-4-3-5-7-26(37)33-22-15-20(32-29(39)40-2)10-11-21(22)23-16-31-28(24)34-23/h3-4,8-11,14-16,24H,5-7,12-13,17H2,1-2H3,(H,31,34)(H,32,39)(H,33,37). The minimum atomic E-state index is -0.608. The first-order chi connectivity index (χ1) is 19.3. The molecule has 3 amide bonds. The number of piperazine rings is 1. The number of hydrogen-bond donors (Lipinski definition) is 3. The van der Waals surface area contributed by atoms with Crippen LogP contribution in [0, 0.1) is 6.92 Å². The molecule has 5 rings (SSSR count). The summed E-state index contributed by atoms with van der Waals surface area (Å²) in [6, 6.07) is 10.6. The Bertz CT molecular complexity index is 1470. The smallest absolute Gasteiger partial charge is 0.411 e. The average Bonchev–Trinajstić information content (AvgIpc) is 3.42. The number of rotatable bonds is 3. The van der Waals surface area contributed by atoms with Gasteiger partial charge in [0.1, 0.15) is 5.82 Å². The van der Waals surface area contributed by atoms with Gasteiger partial charge >= 0.3 is 6.09 Å². The van der Waals surface area contributed by atoms with Gasteiger partial charge in [-0.05, 0) is 55.7 Å². The lowest BCUT2D eigenvalue weighted by Crippen LogP contribution is -2.51. The molecule has 1 unspecified atom stereocenters. The van der Waals surface area contributed by atoms with Crippen LogP contribution in [0.5, 0.6) is 0 Å². The summed E-state index contributed by atoms with van der Waals surface area (Å²) in [4.78, 5) is 49.9. The molecule has 1 fully saturated rings. The number of aryl methyl sites for hydroxylation is 1. The fourth-order valence-electron chi connectivity index (χ4n) is 5.07. The van der Waals surface area contributed by atoms with Crippen LogP contribution in [0.25, 0.3) is 11.3 Å². The Balaban J connectivity index is 1.44. The van der Waals surface area contributed by atoms with Crippen molar-refractivity contribution in [3.8, 4) is 11.3 Å². The number of methoxy groups -OCH3 is 1. The van der Waals surface area contributed by atoms with Crippen molar-refractivity contribution in [2.75, 3.05) is 42.3 Å². The number of ether oxygens (including phenoxy) is 1. The molecule has 11 heteroatoms. The number of nitrogens with one attached hydrogen (secondary N) is 3. The van der Waals surface area contributed by atoms with Crippen LogP contribution in [-0.4, -0.2) is 59.5 Å². The minimum Gasteiger partial charge on any atom is -0.453 e. The molecular formula is C29H31ClN6O4. The average molecular weight is 563 g/mol. The monoisotopic (exact) mass is 562 g/mol. The number of amides is 3. The summed E-state index contributed by atoms with van der Waals surface area (Å²) in [7, 11) is 1.28. The molecule has 1 atom stereocenters. The van der Waals surface area contributed by atoms with Gasteiger partial charge < -0.3 is 24.8 Å². The van der Waals surface area contributed by atoms with E-state index in [1.165, 1.54) is 7.11 Å². The highest BCUT2D eigenvalue weighted by Crippen LogP contribution is 2.34. The van der Waals surface area contributed by atoms with Gasteiger partial charge in [-0.1, -0.05) is 29.8 Å². The predicted molar refractivity (Wildman–Crippen MR) is 155 cm³/mol. The SMILES string of the molecule is COC(=O)Nc1ccc2c(c1)NC(=O)CCC=CCC(N1CCN(c3cc(Cl)ccc3C)CC1=O)c1ncc-2[nH]1. The number of aromatic amines is 1. The summed E-state index contributed by atoms with van der Waals surface area (Å²) >= 11 is 6.24. The number of aromatic nitrogens is 2. The predicted octanol–water partition coefficient (Wildman–Crippen LogP) is 5.29. The van der Waals surface area contributed by atoms with Crippen molar-refractivity contribution in [2.24, 2.45) is 0 Å². The summed E-state index contributed by atoms with van der Waals surface area (Å²) < 4.78 is 4.69. The van der Waals surface area contributed by atoms with E-state index in [1.807, 2.05) is 42.2 Å². The van der Waals surface area contributed by atoms with Gasteiger partial charge in [-0.2, -0.15) is 0 Å². The van der Waals surface area contributed by atoms with Crippen LogP contribution in [0.15, 0.2) is 54.7 Å². The molecular weight excluding hydrogens is 532 g/mol. The number of hydrogen-bond acceptors (Lipinski definition) is 6. The van der Waals surface area contributed by atoms with E-state index >= 15 is 0 Å². The van der Waals surface area contributed by atoms with Crippen molar-refractivity contribution < 1.29 is 19.1 Å². The van der Waals surface area contributed by atoms with Gasteiger partial charge in [-0.3, -0.25) is 14.9 Å². The quantitative estimate of drug-likeness (QED) is 0.373. The lowest BCUT2D eigenvalue weighted by atomic mass is 10.1. The van der Waals surface area contributed by atoms with Crippen molar-refractivity contribution in [2.45, 2.75) is 32.2 Å². The first-order valence-electron chi connectivity index (χ1n) is 13.1. The van der Waals surface area contributed by atoms with E-state index in [-0.39, 0.29) is 24.4 Å². The number of benzene rings is 2. The van der Waals surface area contributed by atoms with Gasteiger partial charge in [-0.15, -0.1) is 0 Å². The Kier molecular flexibility index (Phi) is 8.06. The second-order valence-electron chi connectivity index (χ2n) is 9.81. The van der Waals surface area contributed by atoms with Crippen LogP contribution in [0.3, 0.4) is 0 Å². The maximum atomic E-state index is 13.5. The third-order valence-corrected chi connectivity index (χ3v) is 7.37. The van der Waals surface area contributed by atoms with E-state index in [9.17, 15) is 14.4 Å². The van der Waals surface area contributed by atoms with Crippen molar-refractivity contribution in [1.82, 2.24) is 14.9 Å². The maximum Gasteiger partial charge on any atom is 0.411 e. The maximum absolute atomic E-state index is 13.5. The molecule has 1 aromatic heterocycles. The number of carbonyl (C=O) groups is 3. The molecule has 10 nitrogen and oxygen atoms in total. The second-order valence-corrected chi connectivity index (χ2v) is 10.2. The Hall–Kier alpha value is -4.31. The third-order valence-electron chi connectivity index (χ3n) is 7.14. The number of fused-ring (bicyclic) bond motifs is 4. The fourth-order valence-corrected chi connectivity index (χ4v) is 5.24. The normalized spacial score (nSPS) is 17.7. The van der Waals surface area contributed by atoms with Crippen molar-refractivity contribution >= 4 is 46.6 Å². The molecule has 3 N–H and O–H groups in total. The van der Waals surface area contributed by atoms with Crippen LogP contribution < -0.4 is 15.5 Å². The number of allylic oxidation sites excluding steroid dienone is 1. The number of halogens is 1. The van der Waals surface area contributed by atoms with Crippen LogP contribution in [-0.2, 0) is 14.3 Å². The van der Waals surface area contributed by atoms with E-state index < -0.39 is 6.09 Å². The number of nitrogens with zero attached hydrogens (tertiary/aromatic N) is 3. The molecule has 0 spiro atoms. The molecule has 2 aliphatic rings. The minimum absolute atomic E-state index is 0.00191. The molecule has 3 aromatic rings.